The summed E-state index contributed by atoms with van der Waals surface area (Å²) in [5, 5.41) is 0. The molecular weight excluding hydrogens is 204 g/mol. The fourth-order valence-corrected chi connectivity index (χ4v) is 1.42. The molecule has 1 aromatic heterocycles. The Morgan fingerprint density at radius 2 is 1.69 bits per heavy atom. The molecular formula is C12H12N2O2. The van der Waals surface area contributed by atoms with Crippen LogP contribution in [0.1, 0.15) is 0 Å². The van der Waals surface area contributed by atoms with Crippen molar-refractivity contribution in [3.8, 4) is 22.8 Å². The smallest absolute Gasteiger partial charge is 0.123 e. The molecule has 1 heterocycles. The van der Waals surface area contributed by atoms with Crippen molar-refractivity contribution in [2.45, 2.75) is 0 Å². The third kappa shape index (κ3) is 2.11. The number of benzene rings is 1. The molecule has 1 aromatic carbocycles. The highest BCUT2D eigenvalue weighted by atomic mass is 16.5. The fourth-order valence-electron chi connectivity index (χ4n) is 1.42. The zero-order chi connectivity index (χ0) is 11.4. The quantitative estimate of drug-likeness (QED) is 0.788. The summed E-state index contributed by atoms with van der Waals surface area (Å²) in [4.78, 5) is 8.06. The summed E-state index contributed by atoms with van der Waals surface area (Å²) in [6.45, 7) is 0. The van der Waals surface area contributed by atoms with Crippen LogP contribution in [0.2, 0.25) is 0 Å². The predicted octanol–water partition coefficient (Wildman–Crippen LogP) is 2.16. The van der Waals surface area contributed by atoms with E-state index in [1.54, 1.807) is 20.4 Å². The molecule has 0 bridgehead atoms. The lowest BCUT2D eigenvalue weighted by atomic mass is 10.1. The van der Waals surface area contributed by atoms with E-state index in [9.17, 15) is 0 Å². The van der Waals surface area contributed by atoms with Gasteiger partial charge in [-0.2, -0.15) is 0 Å². The molecule has 4 heteroatoms. The Hall–Kier alpha value is -2.10. The van der Waals surface area contributed by atoms with Crippen molar-refractivity contribution in [2.24, 2.45) is 0 Å². The van der Waals surface area contributed by atoms with E-state index >= 15 is 0 Å². The normalized spacial score (nSPS) is 9.88. The Balaban J connectivity index is 2.48. The molecule has 0 N–H and O–H groups in total. The van der Waals surface area contributed by atoms with Crippen LogP contribution in [0.4, 0.5) is 0 Å². The number of ether oxygens (including phenoxy) is 2. The van der Waals surface area contributed by atoms with Gasteiger partial charge >= 0.3 is 0 Å². The van der Waals surface area contributed by atoms with Crippen LogP contribution in [0.3, 0.4) is 0 Å². The highest BCUT2D eigenvalue weighted by molar-refractivity contribution is 5.63. The van der Waals surface area contributed by atoms with E-state index in [-0.39, 0.29) is 0 Å². The van der Waals surface area contributed by atoms with E-state index in [1.165, 1.54) is 6.33 Å². The van der Waals surface area contributed by atoms with Crippen LogP contribution in [-0.4, -0.2) is 24.2 Å². The average molecular weight is 216 g/mol. The van der Waals surface area contributed by atoms with E-state index < -0.39 is 0 Å². The monoisotopic (exact) mass is 216 g/mol. The molecule has 0 amide bonds. The Kier molecular flexibility index (Phi) is 3.00. The van der Waals surface area contributed by atoms with Crippen molar-refractivity contribution in [1.29, 1.82) is 0 Å². The molecule has 0 spiro atoms. The van der Waals surface area contributed by atoms with Gasteiger partial charge in [-0.25, -0.2) is 9.97 Å². The van der Waals surface area contributed by atoms with E-state index in [0.717, 1.165) is 22.8 Å². The zero-order valence-electron chi connectivity index (χ0n) is 9.18. The van der Waals surface area contributed by atoms with E-state index in [0.29, 0.717) is 0 Å². The zero-order valence-corrected chi connectivity index (χ0v) is 9.18. The number of rotatable bonds is 3. The van der Waals surface area contributed by atoms with Crippen molar-refractivity contribution in [1.82, 2.24) is 9.97 Å². The molecule has 2 aromatic rings. The van der Waals surface area contributed by atoms with E-state index in [4.69, 9.17) is 9.47 Å². The summed E-state index contributed by atoms with van der Waals surface area (Å²) >= 11 is 0. The van der Waals surface area contributed by atoms with Crippen molar-refractivity contribution < 1.29 is 9.47 Å². The molecule has 16 heavy (non-hydrogen) atoms. The average Bonchev–Trinajstić information content (AvgIpc) is 2.39. The van der Waals surface area contributed by atoms with Crippen LogP contribution in [0, 0.1) is 0 Å². The molecule has 0 saturated carbocycles. The van der Waals surface area contributed by atoms with Gasteiger partial charge in [0.25, 0.3) is 0 Å². The van der Waals surface area contributed by atoms with Gasteiger partial charge in [-0.15, -0.1) is 0 Å². The Labute approximate surface area is 93.9 Å². The second-order valence-electron chi connectivity index (χ2n) is 3.20. The number of methoxy groups -OCH3 is 2. The molecule has 0 aliphatic heterocycles. The van der Waals surface area contributed by atoms with E-state index in [2.05, 4.69) is 9.97 Å². The molecule has 0 atom stereocenters. The van der Waals surface area contributed by atoms with Gasteiger partial charge in [0.1, 0.15) is 17.8 Å². The van der Waals surface area contributed by atoms with Crippen LogP contribution in [0.5, 0.6) is 11.5 Å². The minimum Gasteiger partial charge on any atom is -0.497 e. The van der Waals surface area contributed by atoms with Gasteiger partial charge in [-0.05, 0) is 18.2 Å². The maximum Gasteiger partial charge on any atom is 0.123 e. The minimum atomic E-state index is 0.743. The summed E-state index contributed by atoms with van der Waals surface area (Å²) < 4.78 is 10.4. The molecule has 0 radical (unpaired) electrons. The summed E-state index contributed by atoms with van der Waals surface area (Å²) in [6, 6.07) is 7.48. The lowest BCUT2D eigenvalue weighted by Gasteiger charge is -2.07. The molecule has 2 rings (SSSR count). The molecule has 0 aliphatic carbocycles. The van der Waals surface area contributed by atoms with Crippen LogP contribution >= 0.6 is 0 Å². The van der Waals surface area contributed by atoms with Gasteiger partial charge < -0.3 is 9.47 Å². The number of aromatic nitrogens is 2. The van der Waals surface area contributed by atoms with Crippen LogP contribution < -0.4 is 9.47 Å². The maximum absolute atomic E-state index is 5.20. The Bertz CT molecular complexity index is 449. The highest BCUT2D eigenvalue weighted by Crippen LogP contribution is 2.28. The molecule has 0 fully saturated rings. The van der Waals surface area contributed by atoms with Crippen molar-refractivity contribution >= 4 is 0 Å². The van der Waals surface area contributed by atoms with Gasteiger partial charge in [0.2, 0.25) is 0 Å². The lowest BCUT2D eigenvalue weighted by Crippen LogP contribution is -1.90. The SMILES string of the molecule is COc1cc(OC)cc(-c2ccncn2)c1. The van der Waals surface area contributed by atoms with Crippen molar-refractivity contribution in [2.75, 3.05) is 14.2 Å². The first-order valence-electron chi connectivity index (χ1n) is 4.83. The van der Waals surface area contributed by atoms with Gasteiger partial charge in [0, 0.05) is 17.8 Å². The van der Waals surface area contributed by atoms with Crippen LogP contribution in [-0.2, 0) is 0 Å². The standard InChI is InChI=1S/C12H12N2O2/c1-15-10-5-9(6-11(7-10)16-2)12-3-4-13-8-14-12/h3-8H,1-2H3. The molecule has 0 unspecified atom stereocenters. The predicted molar refractivity (Wildman–Crippen MR) is 60.6 cm³/mol. The van der Waals surface area contributed by atoms with Gasteiger partial charge in [-0.3, -0.25) is 0 Å². The summed E-state index contributed by atoms with van der Waals surface area (Å²) in [7, 11) is 3.25. The summed E-state index contributed by atoms with van der Waals surface area (Å²) in [5.41, 5.74) is 1.78. The second-order valence-corrected chi connectivity index (χ2v) is 3.20. The minimum absolute atomic E-state index is 0.743. The third-order valence-electron chi connectivity index (χ3n) is 2.23. The van der Waals surface area contributed by atoms with Gasteiger partial charge in [0.05, 0.1) is 19.9 Å². The molecule has 0 saturated heterocycles. The molecule has 0 aliphatic rings. The second kappa shape index (κ2) is 4.61. The van der Waals surface area contributed by atoms with E-state index in [1.807, 2.05) is 24.3 Å². The first-order valence-corrected chi connectivity index (χ1v) is 4.83. The first kappa shape index (κ1) is 10.4. The van der Waals surface area contributed by atoms with Crippen LogP contribution in [0.25, 0.3) is 11.3 Å². The van der Waals surface area contributed by atoms with Gasteiger partial charge in [0.15, 0.2) is 0 Å². The largest absolute Gasteiger partial charge is 0.497 e. The topological polar surface area (TPSA) is 44.2 Å². The van der Waals surface area contributed by atoms with Gasteiger partial charge in [-0.1, -0.05) is 0 Å². The van der Waals surface area contributed by atoms with Crippen molar-refractivity contribution in [3.63, 3.8) is 0 Å². The van der Waals surface area contributed by atoms with Crippen LogP contribution in [0.15, 0.2) is 36.8 Å². The maximum atomic E-state index is 5.20. The number of hydrogen-bond donors (Lipinski definition) is 0. The first-order chi connectivity index (χ1) is 7.83. The summed E-state index contributed by atoms with van der Waals surface area (Å²) in [6.07, 6.45) is 3.22. The molecule has 82 valence electrons. The number of nitrogens with zero attached hydrogens (tertiary/aromatic N) is 2. The summed E-state index contributed by atoms with van der Waals surface area (Å²) in [5.74, 6) is 1.49. The fraction of sp³-hybridized carbons (Fsp3) is 0.167. The third-order valence-corrected chi connectivity index (χ3v) is 2.23. The number of hydrogen-bond acceptors (Lipinski definition) is 4. The Morgan fingerprint density at radius 3 is 2.19 bits per heavy atom. The lowest BCUT2D eigenvalue weighted by molar-refractivity contribution is 0.394. The Morgan fingerprint density at radius 1 is 1.00 bits per heavy atom. The van der Waals surface area contributed by atoms with Crippen molar-refractivity contribution in [3.05, 3.63) is 36.8 Å². The molecule has 4 nitrogen and oxygen atoms in total. The highest BCUT2D eigenvalue weighted by Gasteiger charge is 2.04.